The van der Waals surface area contributed by atoms with Gasteiger partial charge in [-0.05, 0) is 93.7 Å². The van der Waals surface area contributed by atoms with Crippen LogP contribution in [0.3, 0.4) is 0 Å². The molecule has 8 aromatic carbocycles. The first-order chi connectivity index (χ1) is 24.7. The molecule has 232 valence electrons. The van der Waals surface area contributed by atoms with Crippen LogP contribution in [0.2, 0.25) is 0 Å². The van der Waals surface area contributed by atoms with Gasteiger partial charge in [0.2, 0.25) is 0 Å². The molecule has 50 heavy (non-hydrogen) atoms. The molecule has 0 unspecified atom stereocenters. The average Bonchev–Trinajstić information content (AvgIpc) is 3.91. The van der Waals surface area contributed by atoms with Crippen LogP contribution in [0.15, 0.2) is 154 Å². The summed E-state index contributed by atoms with van der Waals surface area (Å²) in [7, 11) is 0. The van der Waals surface area contributed by atoms with Crippen LogP contribution in [0.4, 0.5) is 0 Å². The van der Waals surface area contributed by atoms with Gasteiger partial charge in [-0.25, -0.2) is 0 Å². The molecule has 0 saturated heterocycles. The topological polar surface area (TPSA) is 26.3 Å². The Bertz CT molecular complexity index is 3160. The zero-order valence-corrected chi connectivity index (χ0v) is 28.1. The maximum absolute atomic E-state index is 6.56. The Morgan fingerprint density at radius 2 is 0.760 bits per heavy atom. The second kappa shape index (κ2) is 9.82. The molecule has 0 bridgehead atoms. The lowest BCUT2D eigenvalue weighted by Gasteiger charge is -2.04. The first kappa shape index (κ1) is 26.9. The van der Waals surface area contributed by atoms with Crippen LogP contribution in [0.5, 0.6) is 0 Å². The van der Waals surface area contributed by atoms with Crippen LogP contribution < -0.4 is 0 Å². The molecule has 12 rings (SSSR count). The van der Waals surface area contributed by atoms with E-state index >= 15 is 0 Å². The predicted molar refractivity (Wildman–Crippen MR) is 215 cm³/mol. The second-order valence-corrected chi connectivity index (χ2v) is 15.3. The molecular weight excluding hydrogens is 649 g/mol. The molecule has 4 heteroatoms. The van der Waals surface area contributed by atoms with Crippen LogP contribution in [-0.2, 0) is 0 Å². The van der Waals surface area contributed by atoms with Gasteiger partial charge in [0.05, 0.1) is 0 Å². The zero-order chi connectivity index (χ0) is 32.5. The van der Waals surface area contributed by atoms with Gasteiger partial charge in [0.25, 0.3) is 0 Å². The summed E-state index contributed by atoms with van der Waals surface area (Å²) in [5, 5.41) is 12.0. The van der Waals surface area contributed by atoms with Crippen LogP contribution in [0, 0.1) is 0 Å². The van der Waals surface area contributed by atoms with Crippen LogP contribution >= 0.6 is 22.7 Å². The standard InChI is InChI=1S/C46H24O2S2/c1-3-13-43-33(7-1)35-11-5-9-29(45(35)49-43)25-15-17-31-37-19-27-20-38-32-18-16-26(30-10-6-12-36-34-8-2-4-14-44(34)50-46(30)36)22-40(32)48-42(38)24-28(27)23-41(37)47-39(31)21-25/h1-24H. The van der Waals surface area contributed by atoms with E-state index in [4.69, 9.17) is 8.83 Å². The van der Waals surface area contributed by atoms with Crippen molar-refractivity contribution in [3.05, 3.63) is 146 Å². The first-order valence-corrected chi connectivity index (χ1v) is 18.4. The lowest BCUT2D eigenvalue weighted by molar-refractivity contribution is 0.669. The third-order valence-electron chi connectivity index (χ3n) is 10.5. The molecule has 4 aromatic heterocycles. The normalized spacial score (nSPS) is 12.4. The summed E-state index contributed by atoms with van der Waals surface area (Å²) in [5.41, 5.74) is 8.41. The molecule has 0 amide bonds. The van der Waals surface area contributed by atoms with Crippen molar-refractivity contribution in [2.24, 2.45) is 0 Å². The molecule has 0 N–H and O–H groups in total. The maximum Gasteiger partial charge on any atom is 0.136 e. The minimum Gasteiger partial charge on any atom is -0.456 e. The summed E-state index contributed by atoms with van der Waals surface area (Å²) >= 11 is 3.72. The summed E-state index contributed by atoms with van der Waals surface area (Å²) < 4.78 is 18.4. The second-order valence-electron chi connectivity index (χ2n) is 13.2. The van der Waals surface area contributed by atoms with Gasteiger partial charge in [0.15, 0.2) is 0 Å². The summed E-state index contributed by atoms with van der Waals surface area (Å²) in [6.45, 7) is 0. The predicted octanol–water partition coefficient (Wildman–Crippen LogP) is 14.7. The van der Waals surface area contributed by atoms with E-state index in [-0.39, 0.29) is 0 Å². The number of hydrogen-bond acceptors (Lipinski definition) is 4. The lowest BCUT2D eigenvalue weighted by Crippen LogP contribution is -1.78. The fraction of sp³-hybridized carbons (Fsp3) is 0. The van der Waals surface area contributed by atoms with E-state index in [1.165, 1.54) is 68.0 Å². The smallest absolute Gasteiger partial charge is 0.136 e. The van der Waals surface area contributed by atoms with Crippen LogP contribution in [-0.4, -0.2) is 0 Å². The van der Waals surface area contributed by atoms with Gasteiger partial charge in [0, 0.05) is 61.9 Å². The number of rotatable bonds is 2. The van der Waals surface area contributed by atoms with Gasteiger partial charge < -0.3 is 8.83 Å². The Hall–Kier alpha value is -5.94. The average molecular weight is 673 g/mol. The molecule has 2 nitrogen and oxygen atoms in total. The highest BCUT2D eigenvalue weighted by Gasteiger charge is 2.17. The minimum absolute atomic E-state index is 0.888. The van der Waals surface area contributed by atoms with E-state index in [9.17, 15) is 0 Å². The Morgan fingerprint density at radius 3 is 1.28 bits per heavy atom. The number of thiophene rings is 2. The summed E-state index contributed by atoms with van der Waals surface area (Å²) in [5.74, 6) is 0. The molecule has 12 aromatic rings. The quantitative estimate of drug-likeness (QED) is 0.183. The molecular formula is C46H24O2S2. The van der Waals surface area contributed by atoms with Gasteiger partial charge >= 0.3 is 0 Å². The van der Waals surface area contributed by atoms with Crippen molar-refractivity contribution >= 4 is 118 Å². The van der Waals surface area contributed by atoms with Crippen LogP contribution in [0.25, 0.3) is 117 Å². The summed E-state index contributed by atoms with van der Waals surface area (Å²) in [6, 6.07) is 52.8. The molecule has 0 aliphatic carbocycles. The molecule has 0 fully saturated rings. The van der Waals surface area contributed by atoms with E-state index in [2.05, 4.69) is 146 Å². The molecule has 0 aliphatic rings. The molecule has 4 heterocycles. The summed E-state index contributed by atoms with van der Waals surface area (Å²) in [4.78, 5) is 0. The van der Waals surface area contributed by atoms with Crippen molar-refractivity contribution in [2.45, 2.75) is 0 Å². The number of hydrogen-bond donors (Lipinski definition) is 0. The number of furan rings is 2. The highest BCUT2D eigenvalue weighted by Crippen LogP contribution is 2.44. The Kier molecular flexibility index (Phi) is 5.29. The highest BCUT2D eigenvalue weighted by atomic mass is 32.1. The first-order valence-electron chi connectivity index (χ1n) is 16.8. The number of benzene rings is 8. The zero-order valence-electron chi connectivity index (χ0n) is 26.5. The van der Waals surface area contributed by atoms with Gasteiger partial charge in [0.1, 0.15) is 22.3 Å². The van der Waals surface area contributed by atoms with E-state index in [0.717, 1.165) is 49.3 Å². The molecule has 0 aliphatic heterocycles. The third-order valence-corrected chi connectivity index (χ3v) is 12.9. The number of fused-ring (bicyclic) bond motifs is 13. The molecule has 0 saturated carbocycles. The molecule has 0 radical (unpaired) electrons. The fourth-order valence-electron chi connectivity index (χ4n) is 8.08. The van der Waals surface area contributed by atoms with E-state index in [1.807, 2.05) is 22.7 Å². The van der Waals surface area contributed by atoms with E-state index < -0.39 is 0 Å². The van der Waals surface area contributed by atoms with Crippen molar-refractivity contribution in [1.82, 2.24) is 0 Å². The largest absolute Gasteiger partial charge is 0.456 e. The SMILES string of the molecule is c1ccc2c(c1)sc1c(-c3ccc4c(c3)oc3cc5cc6oc7cc(-c8cccc9c8sc8ccccc89)ccc7c6cc5cc34)cccc12. The van der Waals surface area contributed by atoms with Crippen molar-refractivity contribution < 1.29 is 8.83 Å². The Morgan fingerprint density at radius 1 is 0.320 bits per heavy atom. The molecule has 0 atom stereocenters. The van der Waals surface area contributed by atoms with E-state index in [0.29, 0.717) is 0 Å². The van der Waals surface area contributed by atoms with Gasteiger partial charge in [-0.3, -0.25) is 0 Å². The Labute approximate surface area is 293 Å². The monoisotopic (exact) mass is 672 g/mol. The third kappa shape index (κ3) is 3.72. The van der Waals surface area contributed by atoms with Gasteiger partial charge in [-0.2, -0.15) is 0 Å². The van der Waals surface area contributed by atoms with Gasteiger partial charge in [-0.1, -0.05) is 84.9 Å². The van der Waals surface area contributed by atoms with Crippen molar-refractivity contribution in [3.63, 3.8) is 0 Å². The van der Waals surface area contributed by atoms with Crippen molar-refractivity contribution in [1.29, 1.82) is 0 Å². The van der Waals surface area contributed by atoms with E-state index in [1.54, 1.807) is 0 Å². The Balaban J connectivity index is 0.984. The lowest BCUT2D eigenvalue weighted by atomic mass is 9.99. The van der Waals surface area contributed by atoms with Gasteiger partial charge in [-0.15, -0.1) is 22.7 Å². The minimum atomic E-state index is 0.888. The highest BCUT2D eigenvalue weighted by molar-refractivity contribution is 7.26. The summed E-state index contributed by atoms with van der Waals surface area (Å²) in [6.07, 6.45) is 0. The van der Waals surface area contributed by atoms with Crippen molar-refractivity contribution in [3.8, 4) is 22.3 Å². The van der Waals surface area contributed by atoms with Crippen molar-refractivity contribution in [2.75, 3.05) is 0 Å². The van der Waals surface area contributed by atoms with Crippen LogP contribution in [0.1, 0.15) is 0 Å². The fourth-order valence-corrected chi connectivity index (χ4v) is 10.6. The molecule has 0 spiro atoms. The maximum atomic E-state index is 6.56.